The molecular weight excluding hydrogens is 1020 g/mol. The van der Waals surface area contributed by atoms with Crippen LogP contribution in [0.25, 0.3) is 0 Å². The highest BCUT2D eigenvalue weighted by Gasteiger charge is 2.36. The Bertz CT molecular complexity index is 1260. The Kier molecular flexibility index (Phi) is 63.4. The van der Waals surface area contributed by atoms with Crippen LogP contribution in [0, 0.1) is 0 Å². The van der Waals surface area contributed by atoms with Crippen molar-refractivity contribution >= 4 is 31.4 Å². The number of rotatable bonds is 40. The highest BCUT2D eigenvalue weighted by atomic mass is 16.6. The molecule has 1 saturated heterocycles. The van der Waals surface area contributed by atoms with E-state index in [2.05, 4.69) is 74.6 Å². The summed E-state index contributed by atoms with van der Waals surface area (Å²) in [4.78, 5) is 0. The van der Waals surface area contributed by atoms with Crippen LogP contribution in [-0.4, -0.2) is 206 Å². The Morgan fingerprint density at radius 2 is 0.877 bits per heavy atom. The lowest BCUT2D eigenvalue weighted by Gasteiger charge is -2.31. The average Bonchev–Trinajstić information content (AvgIpc) is 3.67. The first-order valence-electron chi connectivity index (χ1n) is 31.5. The fourth-order valence-corrected chi connectivity index (χ4v) is 7.14. The molecule has 0 saturated carbocycles. The van der Waals surface area contributed by atoms with E-state index in [1.54, 1.807) is 0 Å². The molecule has 1 fully saturated rings. The van der Waals surface area contributed by atoms with E-state index in [0.29, 0.717) is 82.5 Å². The van der Waals surface area contributed by atoms with E-state index in [1.165, 1.54) is 6.42 Å². The standard InChI is InChI=1S/C12H26O2.C11H24BNO2.C11H24O2.C10H19BO3.C10H21BO2.C9H19BO2/c1-6-7-12(14-11(4)5)8-9-13-10(2)3;1-9(2)14-7-11(13-6-5-12)8-15-10(3)4;1-6-7-11(13-10(4)5)8-12-9(2)3;1-6(2)13-8-5-12-10(11)9(8)14-7(3)4;1-8(2)12-7-10(5,6-11)13-9(3)4;1-7(2)11-6-9(5-10)12-8(3)4/h10-12H,6-9H2,1-5H3;9-11,13H,5-8H2,1-4H3;9-11H,6-8H2,1-5H3;6-10H,5H2,1-4H3;8-9H,6-7H2,1-5H3;7-9H,5-6H2,1-4H3/t;;;8?,9-,10+;;/m...0../s1. The second kappa shape index (κ2) is 57.4. The Hall–Kier alpha value is -0.300. The number of hydrogen-bond acceptors (Lipinski definition) is 14. The second-order valence-corrected chi connectivity index (χ2v) is 24.3. The van der Waals surface area contributed by atoms with Crippen LogP contribution < -0.4 is 5.32 Å². The zero-order valence-electron chi connectivity index (χ0n) is 57.9. The first-order valence-corrected chi connectivity index (χ1v) is 31.5. The third-order valence-electron chi connectivity index (χ3n) is 10.5. The van der Waals surface area contributed by atoms with Gasteiger partial charge in [0.2, 0.25) is 0 Å². The molecule has 0 amide bonds. The SMILES string of the molecule is CCCC(CCOC(C)C)OC(C)C.CCCC(COC(C)C)OC(C)C.[B]CC(C)(COC(C)C)OC(C)C.[B]CC(COC(C)C)OC(C)C.[B]CCNC(COC(C)C)COC(C)C.[B][C@@H]1OCC(OC(C)C)[C@@H]1OC(C)C. The van der Waals surface area contributed by atoms with Crippen LogP contribution >= 0.6 is 0 Å². The molecule has 480 valence electrons. The zero-order chi connectivity index (χ0) is 63.7. The summed E-state index contributed by atoms with van der Waals surface area (Å²) in [6, 6.07) is -0.125. The Balaban J connectivity index is -0.000000286. The van der Waals surface area contributed by atoms with E-state index in [0.717, 1.165) is 45.4 Å². The van der Waals surface area contributed by atoms with Crippen molar-refractivity contribution in [1.82, 2.24) is 5.32 Å². The van der Waals surface area contributed by atoms with Gasteiger partial charge in [-0.1, -0.05) is 45.6 Å². The monoisotopic (exact) mass is 1160 g/mol. The van der Waals surface area contributed by atoms with Gasteiger partial charge >= 0.3 is 0 Å². The summed E-state index contributed by atoms with van der Waals surface area (Å²) in [5.74, 6) is 0. The molecule has 0 aliphatic carbocycles. The minimum absolute atomic E-state index is 0.0346. The van der Waals surface area contributed by atoms with Crippen molar-refractivity contribution in [2.24, 2.45) is 0 Å². The normalized spacial score (nSPS) is 17.4. The molecule has 0 aromatic carbocycles. The lowest BCUT2D eigenvalue weighted by atomic mass is 9.88. The van der Waals surface area contributed by atoms with Gasteiger partial charge in [-0.15, -0.1) is 0 Å². The summed E-state index contributed by atoms with van der Waals surface area (Å²) >= 11 is 0. The van der Waals surface area contributed by atoms with Crippen LogP contribution in [0.4, 0.5) is 0 Å². The lowest BCUT2D eigenvalue weighted by molar-refractivity contribution is -0.110. The van der Waals surface area contributed by atoms with E-state index in [1.807, 2.05) is 118 Å². The van der Waals surface area contributed by atoms with Crippen LogP contribution in [0.2, 0.25) is 19.0 Å². The predicted molar refractivity (Wildman–Crippen MR) is 345 cm³/mol. The summed E-state index contributed by atoms with van der Waals surface area (Å²) in [6.07, 6.45) is 10.7. The fourth-order valence-electron chi connectivity index (χ4n) is 7.14. The minimum atomic E-state index is -0.360. The summed E-state index contributed by atoms with van der Waals surface area (Å²) < 4.78 is 72.4. The summed E-state index contributed by atoms with van der Waals surface area (Å²) in [7, 11) is 22.3. The number of hydrogen-bond donors (Lipinski definition) is 1. The van der Waals surface area contributed by atoms with E-state index < -0.39 is 0 Å². The molecular formula is C63H133B4NO13. The maximum Gasteiger partial charge on any atom is 0.112 e. The van der Waals surface area contributed by atoms with E-state index in [4.69, 9.17) is 93.0 Å². The molecule has 7 atom stereocenters. The molecule has 1 heterocycles. The first kappa shape index (κ1) is 89.5. The summed E-state index contributed by atoms with van der Waals surface area (Å²) in [6.45, 7) is 60.4. The molecule has 0 aromatic rings. The molecule has 8 radical (unpaired) electrons. The van der Waals surface area contributed by atoms with E-state index >= 15 is 0 Å². The molecule has 0 spiro atoms. The molecule has 0 aromatic heterocycles. The van der Waals surface area contributed by atoms with E-state index in [-0.39, 0.29) is 90.9 Å². The van der Waals surface area contributed by atoms with Crippen LogP contribution in [-0.2, 0) is 61.6 Å². The molecule has 18 heteroatoms. The summed E-state index contributed by atoms with van der Waals surface area (Å²) in [5.41, 5.74) is -0.349. The number of nitrogens with one attached hydrogen (secondary N) is 1. The minimum Gasteiger partial charge on any atom is -0.382 e. The summed E-state index contributed by atoms with van der Waals surface area (Å²) in [5, 5.41) is 3.31. The zero-order valence-corrected chi connectivity index (χ0v) is 57.9. The molecule has 1 aliphatic heterocycles. The predicted octanol–water partition coefficient (Wildman–Crippen LogP) is 12.9. The van der Waals surface area contributed by atoms with Gasteiger partial charge in [0.05, 0.1) is 166 Å². The van der Waals surface area contributed by atoms with Gasteiger partial charge in [-0.25, -0.2) is 0 Å². The van der Waals surface area contributed by atoms with Gasteiger partial charge in [0.1, 0.15) is 20.1 Å². The number of ether oxygens (including phenoxy) is 13. The van der Waals surface area contributed by atoms with Gasteiger partial charge in [-0.05, 0) is 199 Å². The van der Waals surface area contributed by atoms with Gasteiger partial charge in [0.15, 0.2) is 0 Å². The molecule has 5 unspecified atom stereocenters. The topological polar surface area (TPSA) is 132 Å². The Labute approximate surface area is 508 Å². The van der Waals surface area contributed by atoms with Crippen molar-refractivity contribution < 1.29 is 61.6 Å². The highest BCUT2D eigenvalue weighted by Crippen LogP contribution is 2.22. The van der Waals surface area contributed by atoms with Gasteiger partial charge in [-0.3, -0.25) is 0 Å². The molecule has 81 heavy (non-hydrogen) atoms. The van der Waals surface area contributed by atoms with Crippen molar-refractivity contribution in [2.75, 3.05) is 52.8 Å². The molecule has 1 N–H and O–H groups in total. The maximum atomic E-state index is 5.79. The van der Waals surface area contributed by atoms with Gasteiger partial charge in [0.25, 0.3) is 0 Å². The average molecular weight is 1160 g/mol. The van der Waals surface area contributed by atoms with Crippen LogP contribution in [0.3, 0.4) is 0 Å². The van der Waals surface area contributed by atoms with Crippen molar-refractivity contribution in [3.63, 3.8) is 0 Å². The van der Waals surface area contributed by atoms with Crippen molar-refractivity contribution in [1.29, 1.82) is 0 Å². The second-order valence-electron chi connectivity index (χ2n) is 24.3. The third-order valence-corrected chi connectivity index (χ3v) is 10.5. The molecule has 0 bridgehead atoms. The van der Waals surface area contributed by atoms with Crippen molar-refractivity contribution in [3.8, 4) is 0 Å². The Morgan fingerprint density at radius 1 is 0.469 bits per heavy atom. The van der Waals surface area contributed by atoms with Gasteiger partial charge in [0, 0.05) is 12.6 Å². The highest BCUT2D eigenvalue weighted by molar-refractivity contribution is 6.11. The first-order chi connectivity index (χ1) is 37.6. The van der Waals surface area contributed by atoms with Gasteiger partial charge < -0.3 is 66.9 Å². The maximum absolute atomic E-state index is 5.79. The third kappa shape index (κ3) is 67.1. The molecule has 1 rings (SSSR count). The Morgan fingerprint density at radius 3 is 1.25 bits per heavy atom. The lowest BCUT2D eigenvalue weighted by Crippen LogP contribution is -2.39. The van der Waals surface area contributed by atoms with Crippen molar-refractivity contribution in [3.05, 3.63) is 0 Å². The molecule has 14 nitrogen and oxygen atoms in total. The quantitative estimate of drug-likeness (QED) is 0.0584. The largest absolute Gasteiger partial charge is 0.382 e. The smallest absolute Gasteiger partial charge is 0.112 e. The molecule has 1 aliphatic rings. The van der Waals surface area contributed by atoms with Gasteiger partial charge in [-0.2, -0.15) is 0 Å². The van der Waals surface area contributed by atoms with Crippen LogP contribution in [0.15, 0.2) is 0 Å². The fraction of sp³-hybridized carbons (Fsp3) is 1.00. The van der Waals surface area contributed by atoms with E-state index in [9.17, 15) is 0 Å². The van der Waals surface area contributed by atoms with Crippen LogP contribution in [0.1, 0.15) is 219 Å². The van der Waals surface area contributed by atoms with Crippen LogP contribution in [0.5, 0.6) is 0 Å². The van der Waals surface area contributed by atoms with Crippen molar-refractivity contribution in [2.45, 2.75) is 359 Å².